The molecular weight excluding hydrogens is 218 g/mol. The zero-order valence-electron chi connectivity index (χ0n) is 9.70. The van der Waals surface area contributed by atoms with Gasteiger partial charge in [-0.25, -0.2) is 0 Å². The topological polar surface area (TPSA) is 32.3 Å². The largest absolute Gasteiger partial charge is 0.389 e. The van der Waals surface area contributed by atoms with Crippen molar-refractivity contribution in [2.45, 2.75) is 30.3 Å². The van der Waals surface area contributed by atoms with Crippen molar-refractivity contribution in [3.8, 4) is 0 Å². The fourth-order valence-corrected chi connectivity index (χ4v) is 3.15. The van der Waals surface area contributed by atoms with Gasteiger partial charge in [-0.1, -0.05) is 18.2 Å². The maximum atomic E-state index is 10.4. The zero-order chi connectivity index (χ0) is 11.4. The second kappa shape index (κ2) is 5.21. The molecule has 1 aromatic carbocycles. The highest BCUT2D eigenvalue weighted by atomic mass is 32.2. The van der Waals surface area contributed by atoms with E-state index in [1.54, 1.807) is 11.8 Å². The summed E-state index contributed by atoms with van der Waals surface area (Å²) >= 11 is 1.77. The van der Waals surface area contributed by atoms with Crippen molar-refractivity contribution in [1.82, 2.24) is 5.32 Å². The van der Waals surface area contributed by atoms with E-state index in [1.165, 1.54) is 10.5 Å². The van der Waals surface area contributed by atoms with E-state index >= 15 is 0 Å². The number of thioether (sulfide) groups is 1. The molecule has 16 heavy (non-hydrogen) atoms. The minimum atomic E-state index is -0.474. The summed E-state index contributed by atoms with van der Waals surface area (Å²) in [4.78, 5) is 1.29. The number of rotatable bonds is 3. The molecular formula is C13H19NOS. The first-order valence-corrected chi connectivity index (χ1v) is 6.80. The molecule has 1 aliphatic rings. The van der Waals surface area contributed by atoms with Crippen molar-refractivity contribution in [2.75, 3.05) is 18.8 Å². The lowest BCUT2D eigenvalue weighted by molar-refractivity contribution is 0.0339. The maximum absolute atomic E-state index is 10.4. The van der Waals surface area contributed by atoms with Gasteiger partial charge in [0.05, 0.1) is 5.60 Å². The third-order valence-corrected chi connectivity index (χ3v) is 4.57. The van der Waals surface area contributed by atoms with Gasteiger partial charge in [0.2, 0.25) is 0 Å². The van der Waals surface area contributed by atoms with Gasteiger partial charge in [-0.3, -0.25) is 0 Å². The van der Waals surface area contributed by atoms with E-state index in [2.05, 4.69) is 36.5 Å². The van der Waals surface area contributed by atoms with Crippen LogP contribution in [0.1, 0.15) is 18.4 Å². The quantitative estimate of drug-likeness (QED) is 0.791. The Morgan fingerprint density at radius 2 is 2.00 bits per heavy atom. The molecule has 0 amide bonds. The molecule has 0 aromatic heterocycles. The molecule has 2 rings (SSSR count). The highest BCUT2D eigenvalue weighted by Gasteiger charge is 2.29. The molecule has 88 valence electrons. The normalized spacial score (nSPS) is 19.6. The summed E-state index contributed by atoms with van der Waals surface area (Å²) in [6.07, 6.45) is 1.73. The Bertz CT molecular complexity index is 348. The van der Waals surface area contributed by atoms with Crippen molar-refractivity contribution in [3.63, 3.8) is 0 Å². The first-order chi connectivity index (χ1) is 7.70. The molecule has 1 heterocycles. The molecule has 0 aliphatic carbocycles. The Labute approximate surface area is 101 Å². The van der Waals surface area contributed by atoms with Gasteiger partial charge in [0.15, 0.2) is 0 Å². The van der Waals surface area contributed by atoms with Crippen LogP contribution in [0.4, 0.5) is 0 Å². The molecule has 1 aliphatic heterocycles. The molecule has 1 saturated heterocycles. The molecule has 2 N–H and O–H groups in total. The Balaban J connectivity index is 1.94. The number of aliphatic hydroxyl groups is 1. The van der Waals surface area contributed by atoms with E-state index in [1.807, 2.05) is 0 Å². The summed E-state index contributed by atoms with van der Waals surface area (Å²) in [7, 11) is 0. The van der Waals surface area contributed by atoms with E-state index in [9.17, 15) is 5.11 Å². The van der Waals surface area contributed by atoms with Gasteiger partial charge >= 0.3 is 0 Å². The number of benzene rings is 1. The van der Waals surface area contributed by atoms with Crippen LogP contribution in [0.15, 0.2) is 29.2 Å². The number of hydrogen-bond acceptors (Lipinski definition) is 3. The summed E-state index contributed by atoms with van der Waals surface area (Å²) in [5, 5.41) is 13.6. The Kier molecular flexibility index (Phi) is 3.90. The van der Waals surface area contributed by atoms with Gasteiger partial charge in [0, 0.05) is 10.6 Å². The van der Waals surface area contributed by atoms with Crippen LogP contribution in [0, 0.1) is 6.92 Å². The molecule has 3 heteroatoms. The number of aryl methyl sites for hydroxylation is 1. The molecule has 0 saturated carbocycles. The average Bonchev–Trinajstić information content (AvgIpc) is 2.29. The maximum Gasteiger partial charge on any atom is 0.0765 e. The molecule has 0 spiro atoms. The van der Waals surface area contributed by atoms with Gasteiger partial charge in [-0.05, 0) is 44.5 Å². The third kappa shape index (κ3) is 3.00. The molecule has 0 radical (unpaired) electrons. The second-order valence-corrected chi connectivity index (χ2v) is 5.55. The first-order valence-electron chi connectivity index (χ1n) is 5.81. The predicted octanol–water partition coefficient (Wildman–Crippen LogP) is 2.20. The smallest absolute Gasteiger partial charge is 0.0765 e. The Morgan fingerprint density at radius 3 is 2.69 bits per heavy atom. The predicted molar refractivity (Wildman–Crippen MR) is 69.0 cm³/mol. The van der Waals surface area contributed by atoms with Crippen LogP contribution in [0.5, 0.6) is 0 Å². The third-order valence-electron chi connectivity index (χ3n) is 3.12. The standard InChI is InChI=1S/C13H19NOS/c1-11-4-2-3-5-12(11)16-10-13(15)6-8-14-9-7-13/h2-5,14-15H,6-10H2,1H3. The van der Waals surface area contributed by atoms with Crippen molar-refractivity contribution in [1.29, 1.82) is 0 Å². The molecule has 0 atom stereocenters. The first kappa shape index (κ1) is 12.0. The van der Waals surface area contributed by atoms with Crippen LogP contribution in [-0.2, 0) is 0 Å². The van der Waals surface area contributed by atoms with Crippen LogP contribution in [0.25, 0.3) is 0 Å². The van der Waals surface area contributed by atoms with Gasteiger partial charge < -0.3 is 10.4 Å². The minimum Gasteiger partial charge on any atom is -0.389 e. The van der Waals surface area contributed by atoms with Gasteiger partial charge in [-0.2, -0.15) is 0 Å². The fraction of sp³-hybridized carbons (Fsp3) is 0.538. The van der Waals surface area contributed by atoms with Gasteiger partial charge in [0.1, 0.15) is 0 Å². The van der Waals surface area contributed by atoms with Crippen LogP contribution in [-0.4, -0.2) is 29.5 Å². The summed E-state index contributed by atoms with van der Waals surface area (Å²) in [6, 6.07) is 8.36. The molecule has 0 unspecified atom stereocenters. The van der Waals surface area contributed by atoms with Crippen molar-refractivity contribution in [2.24, 2.45) is 0 Å². The number of nitrogens with one attached hydrogen (secondary N) is 1. The van der Waals surface area contributed by atoms with Crippen molar-refractivity contribution < 1.29 is 5.11 Å². The zero-order valence-corrected chi connectivity index (χ0v) is 10.5. The number of hydrogen-bond donors (Lipinski definition) is 2. The molecule has 0 bridgehead atoms. The summed E-state index contributed by atoms with van der Waals surface area (Å²) < 4.78 is 0. The second-order valence-electron chi connectivity index (χ2n) is 4.53. The van der Waals surface area contributed by atoms with E-state index in [-0.39, 0.29) is 0 Å². The lowest BCUT2D eigenvalue weighted by Crippen LogP contribution is -2.43. The van der Waals surface area contributed by atoms with E-state index in [4.69, 9.17) is 0 Å². The lowest BCUT2D eigenvalue weighted by Gasteiger charge is -2.32. The summed E-state index contributed by atoms with van der Waals surface area (Å²) in [6.45, 7) is 3.99. The molecule has 2 nitrogen and oxygen atoms in total. The van der Waals surface area contributed by atoms with Crippen molar-refractivity contribution in [3.05, 3.63) is 29.8 Å². The van der Waals surface area contributed by atoms with E-state index < -0.39 is 5.60 Å². The lowest BCUT2D eigenvalue weighted by atomic mass is 9.95. The highest BCUT2D eigenvalue weighted by molar-refractivity contribution is 7.99. The monoisotopic (exact) mass is 237 g/mol. The SMILES string of the molecule is Cc1ccccc1SCC1(O)CCNCC1. The Morgan fingerprint density at radius 1 is 1.31 bits per heavy atom. The van der Waals surface area contributed by atoms with Crippen LogP contribution in [0.3, 0.4) is 0 Å². The highest BCUT2D eigenvalue weighted by Crippen LogP contribution is 2.29. The molecule has 1 aromatic rings. The van der Waals surface area contributed by atoms with Crippen LogP contribution in [0.2, 0.25) is 0 Å². The summed E-state index contributed by atoms with van der Waals surface area (Å²) in [5.41, 5.74) is 0.822. The van der Waals surface area contributed by atoms with Gasteiger partial charge in [0.25, 0.3) is 0 Å². The summed E-state index contributed by atoms with van der Waals surface area (Å²) in [5.74, 6) is 0.805. The van der Waals surface area contributed by atoms with Crippen molar-refractivity contribution >= 4 is 11.8 Å². The van der Waals surface area contributed by atoms with E-state index in [0.29, 0.717) is 0 Å². The van der Waals surface area contributed by atoms with Crippen LogP contribution >= 0.6 is 11.8 Å². The van der Waals surface area contributed by atoms with E-state index in [0.717, 1.165) is 31.7 Å². The minimum absolute atomic E-state index is 0.474. The Hall–Kier alpha value is -0.510. The van der Waals surface area contributed by atoms with Gasteiger partial charge in [-0.15, -0.1) is 11.8 Å². The fourth-order valence-electron chi connectivity index (χ4n) is 1.97. The number of piperidine rings is 1. The molecule has 1 fully saturated rings. The van der Waals surface area contributed by atoms with Crippen LogP contribution < -0.4 is 5.32 Å². The average molecular weight is 237 g/mol.